The van der Waals surface area contributed by atoms with Crippen LogP contribution in [0, 0.1) is 11.5 Å². The summed E-state index contributed by atoms with van der Waals surface area (Å²) in [7, 11) is 0. The average molecular weight is 758 g/mol. The lowest BCUT2D eigenvalue weighted by Gasteiger charge is -2.06. The fraction of sp³-hybridized carbons (Fsp3) is 0.333. The van der Waals surface area contributed by atoms with E-state index >= 15 is 0 Å². The van der Waals surface area contributed by atoms with E-state index in [1.54, 1.807) is 0 Å². The molecule has 0 bridgehead atoms. The lowest BCUT2D eigenvalue weighted by molar-refractivity contribution is 1.07. The van der Waals surface area contributed by atoms with Crippen LogP contribution < -0.4 is 0 Å². The van der Waals surface area contributed by atoms with E-state index < -0.39 is 0 Å². The molecule has 0 fully saturated rings. The molecule has 2 aromatic rings. The largest absolute Gasteiger partial charge is 0.122 e. The zero-order valence-corrected chi connectivity index (χ0v) is 21.2. The van der Waals surface area contributed by atoms with E-state index in [1.807, 2.05) is 34.4 Å². The topological polar surface area (TPSA) is 0 Å². The van der Waals surface area contributed by atoms with Gasteiger partial charge in [0.15, 0.2) is 0 Å². The molecule has 0 spiro atoms. The Kier molecular flexibility index (Phi) is 7.56. The normalized spacial score (nSPS) is 11.3. The van der Waals surface area contributed by atoms with Gasteiger partial charge in [-0.3, -0.25) is 0 Å². The van der Waals surface area contributed by atoms with E-state index in [-0.39, 0.29) is 0 Å². The van der Waals surface area contributed by atoms with E-state index in [0.717, 1.165) is 12.8 Å². The maximum absolute atomic E-state index is 2.49. The first-order valence-electron chi connectivity index (χ1n) is 5.60. The van der Waals surface area contributed by atoms with E-state index in [9.17, 15) is 0 Å². The molecule has 0 saturated carbocycles. The van der Waals surface area contributed by atoms with Crippen LogP contribution in [0.4, 0.5) is 0 Å². The molecule has 7 heteroatoms. The van der Waals surface area contributed by atoms with Crippen molar-refractivity contribution >= 4 is 125 Å². The van der Waals surface area contributed by atoms with Crippen LogP contribution in [0.15, 0.2) is 9.79 Å². The minimum Gasteiger partial charge on any atom is -0.122 e. The van der Waals surface area contributed by atoms with Crippen LogP contribution >= 0.6 is 125 Å². The summed E-state index contributed by atoms with van der Waals surface area (Å²) in [4.78, 5) is 2.97. The molecule has 0 aliphatic carbocycles. The van der Waals surface area contributed by atoms with Gasteiger partial charge >= 0.3 is 0 Å². The smallest absolute Gasteiger partial charge is 0.0806 e. The third-order valence-electron chi connectivity index (χ3n) is 2.65. The summed E-state index contributed by atoms with van der Waals surface area (Å²) in [6, 6.07) is 0. The van der Waals surface area contributed by atoms with Crippen molar-refractivity contribution in [3.05, 3.63) is 22.7 Å². The SMILES string of the molecule is CCc1c(I)sc(I)c1Sc1c(I)sc(I)c1CC. The van der Waals surface area contributed by atoms with Gasteiger partial charge in [-0.15, -0.1) is 22.7 Å². The van der Waals surface area contributed by atoms with Crippen molar-refractivity contribution in [3.63, 3.8) is 0 Å². The minimum absolute atomic E-state index is 1.12. The zero-order valence-electron chi connectivity index (χ0n) is 10.2. The quantitative estimate of drug-likeness (QED) is 0.292. The third kappa shape index (κ3) is 3.96. The van der Waals surface area contributed by atoms with Gasteiger partial charge in [-0.1, -0.05) is 25.6 Å². The van der Waals surface area contributed by atoms with Gasteiger partial charge in [0.2, 0.25) is 0 Å². The molecule has 0 N–H and O–H groups in total. The Bertz CT molecular complexity index is 548. The monoisotopic (exact) mass is 758 g/mol. The standard InChI is InChI=1S/C12H10I4S3/c1-3-5-7(11(15)18-9(5)13)17-8-6(4-2)10(14)19-12(8)16/h3-4H2,1-2H3. The summed E-state index contributed by atoms with van der Waals surface area (Å²) >= 11 is 15.8. The number of halogens is 4. The van der Waals surface area contributed by atoms with Crippen LogP contribution in [0.25, 0.3) is 0 Å². The molecule has 104 valence electrons. The summed E-state index contributed by atoms with van der Waals surface area (Å²) in [6.45, 7) is 4.51. The molecule has 2 aromatic heterocycles. The van der Waals surface area contributed by atoms with Crippen molar-refractivity contribution in [3.8, 4) is 0 Å². The van der Waals surface area contributed by atoms with Crippen LogP contribution in [0.3, 0.4) is 0 Å². The number of rotatable bonds is 4. The van der Waals surface area contributed by atoms with E-state index in [1.165, 1.54) is 32.5 Å². The van der Waals surface area contributed by atoms with Crippen LogP contribution in [0.2, 0.25) is 0 Å². The average Bonchev–Trinajstić information content (AvgIpc) is 2.77. The lowest BCUT2D eigenvalue weighted by Crippen LogP contribution is -1.87. The Morgan fingerprint density at radius 2 is 1.11 bits per heavy atom. The molecule has 0 unspecified atom stereocenters. The fourth-order valence-corrected chi connectivity index (χ4v) is 13.1. The summed E-state index contributed by atoms with van der Waals surface area (Å²) in [5.41, 5.74) is 3.05. The second-order valence-electron chi connectivity index (χ2n) is 3.72. The molecule has 0 aromatic carbocycles. The van der Waals surface area contributed by atoms with Crippen molar-refractivity contribution in [2.24, 2.45) is 0 Å². The van der Waals surface area contributed by atoms with Crippen LogP contribution in [-0.4, -0.2) is 0 Å². The van der Waals surface area contributed by atoms with Crippen LogP contribution in [-0.2, 0) is 12.8 Å². The van der Waals surface area contributed by atoms with Gasteiger partial charge in [-0.05, 0) is 114 Å². The minimum atomic E-state index is 1.12. The predicted octanol–water partition coefficient (Wildman–Crippen LogP) is 7.50. The Hall–Kier alpha value is 2.67. The molecule has 0 aliphatic rings. The number of thiophene rings is 2. The lowest BCUT2D eigenvalue weighted by atomic mass is 10.3. The molecule has 0 amide bonds. The molecule has 19 heavy (non-hydrogen) atoms. The van der Waals surface area contributed by atoms with Gasteiger partial charge in [0.05, 0.1) is 11.5 Å². The third-order valence-corrected chi connectivity index (χ3v) is 11.6. The fourth-order valence-electron chi connectivity index (χ4n) is 1.69. The second-order valence-corrected chi connectivity index (χ2v) is 14.0. The van der Waals surface area contributed by atoms with Crippen molar-refractivity contribution in [1.29, 1.82) is 0 Å². The van der Waals surface area contributed by atoms with Gasteiger partial charge in [0.1, 0.15) is 0 Å². The zero-order chi connectivity index (χ0) is 14.2. The van der Waals surface area contributed by atoms with E-state index in [0.29, 0.717) is 0 Å². The molecule has 0 aliphatic heterocycles. The van der Waals surface area contributed by atoms with Gasteiger partial charge in [-0.2, -0.15) is 0 Å². The van der Waals surface area contributed by atoms with E-state index in [2.05, 4.69) is 104 Å². The van der Waals surface area contributed by atoms with Gasteiger partial charge in [0.25, 0.3) is 0 Å². The Labute approximate surface area is 180 Å². The van der Waals surface area contributed by atoms with Crippen molar-refractivity contribution in [1.82, 2.24) is 0 Å². The second kappa shape index (κ2) is 7.97. The Morgan fingerprint density at radius 1 is 0.737 bits per heavy atom. The molecular weight excluding hydrogens is 748 g/mol. The summed E-state index contributed by atoms with van der Waals surface area (Å²) in [6.07, 6.45) is 2.25. The van der Waals surface area contributed by atoms with Gasteiger partial charge < -0.3 is 0 Å². The Morgan fingerprint density at radius 3 is 1.42 bits per heavy atom. The van der Waals surface area contributed by atoms with Crippen LogP contribution in [0.5, 0.6) is 0 Å². The number of hydrogen-bond acceptors (Lipinski definition) is 3. The van der Waals surface area contributed by atoms with Crippen molar-refractivity contribution < 1.29 is 0 Å². The maximum atomic E-state index is 2.49. The highest BCUT2D eigenvalue weighted by atomic mass is 127. The first-order valence-corrected chi connectivity index (χ1v) is 12.4. The highest BCUT2D eigenvalue weighted by Crippen LogP contribution is 2.46. The molecule has 0 radical (unpaired) electrons. The summed E-state index contributed by atoms with van der Waals surface area (Å²) in [5.74, 6) is 0. The maximum Gasteiger partial charge on any atom is 0.0806 e. The molecule has 2 rings (SSSR count). The molecule has 0 atom stereocenters. The van der Waals surface area contributed by atoms with Crippen molar-refractivity contribution in [2.45, 2.75) is 36.5 Å². The predicted molar refractivity (Wildman–Crippen MR) is 122 cm³/mol. The summed E-state index contributed by atoms with van der Waals surface area (Å²) < 4.78 is 5.76. The highest BCUT2D eigenvalue weighted by Gasteiger charge is 2.20. The first kappa shape index (κ1) is 18.0. The molecule has 0 saturated heterocycles. The first-order chi connectivity index (χ1) is 8.99. The molecule has 2 heterocycles. The van der Waals surface area contributed by atoms with Crippen molar-refractivity contribution in [2.75, 3.05) is 0 Å². The van der Waals surface area contributed by atoms with Gasteiger partial charge in [0, 0.05) is 9.79 Å². The van der Waals surface area contributed by atoms with Crippen LogP contribution in [0.1, 0.15) is 25.0 Å². The molecular formula is C12H10I4S3. The molecule has 0 nitrogen and oxygen atoms in total. The number of hydrogen-bond donors (Lipinski definition) is 0. The van der Waals surface area contributed by atoms with E-state index in [4.69, 9.17) is 0 Å². The summed E-state index contributed by atoms with van der Waals surface area (Å²) in [5, 5.41) is 0. The highest BCUT2D eigenvalue weighted by molar-refractivity contribution is 14.1. The van der Waals surface area contributed by atoms with Gasteiger partial charge in [-0.25, -0.2) is 0 Å². The Balaban J connectivity index is 2.47.